The van der Waals surface area contributed by atoms with Crippen LogP contribution >= 0.6 is 0 Å². The lowest BCUT2D eigenvalue weighted by Gasteiger charge is -2.35. The summed E-state index contributed by atoms with van der Waals surface area (Å²) in [5.41, 5.74) is 0.423. The Kier molecular flexibility index (Phi) is 4.78. The number of anilines is 1. The standard InChI is InChI=1S/C17H18N4O4/c22-16-7-3-4-8-20(16)13-17(23)19-11-9-18(10-12-19)14-5-1-2-6-15(14)21(24)25/h1-8H,9-13H2. The van der Waals surface area contributed by atoms with Crippen molar-refractivity contribution in [3.8, 4) is 0 Å². The maximum atomic E-state index is 12.4. The van der Waals surface area contributed by atoms with E-state index in [0.717, 1.165) is 0 Å². The largest absolute Gasteiger partial charge is 0.362 e. The minimum Gasteiger partial charge on any atom is -0.362 e. The van der Waals surface area contributed by atoms with Gasteiger partial charge in [0.05, 0.1) is 4.92 Å². The normalized spacial score (nSPS) is 14.4. The lowest BCUT2D eigenvalue weighted by molar-refractivity contribution is -0.384. The van der Waals surface area contributed by atoms with E-state index in [1.54, 1.807) is 41.4 Å². The second-order valence-electron chi connectivity index (χ2n) is 5.78. The van der Waals surface area contributed by atoms with Gasteiger partial charge in [-0.15, -0.1) is 0 Å². The molecular weight excluding hydrogens is 324 g/mol. The van der Waals surface area contributed by atoms with E-state index >= 15 is 0 Å². The van der Waals surface area contributed by atoms with Gasteiger partial charge in [-0.2, -0.15) is 0 Å². The van der Waals surface area contributed by atoms with Crippen molar-refractivity contribution in [3.05, 3.63) is 69.1 Å². The van der Waals surface area contributed by atoms with Crippen molar-refractivity contribution < 1.29 is 9.72 Å². The van der Waals surface area contributed by atoms with E-state index in [2.05, 4.69) is 0 Å². The molecule has 1 fully saturated rings. The van der Waals surface area contributed by atoms with E-state index in [-0.39, 0.29) is 23.7 Å². The smallest absolute Gasteiger partial charge is 0.292 e. The zero-order valence-corrected chi connectivity index (χ0v) is 13.6. The topological polar surface area (TPSA) is 88.7 Å². The number of pyridine rings is 1. The monoisotopic (exact) mass is 342 g/mol. The summed E-state index contributed by atoms with van der Waals surface area (Å²) in [5, 5.41) is 11.2. The van der Waals surface area contributed by atoms with Crippen molar-refractivity contribution in [3.63, 3.8) is 0 Å². The van der Waals surface area contributed by atoms with Crippen molar-refractivity contribution in [2.24, 2.45) is 0 Å². The molecule has 2 heterocycles. The Morgan fingerprint density at radius 1 is 1.04 bits per heavy atom. The van der Waals surface area contributed by atoms with Crippen LogP contribution in [0.25, 0.3) is 0 Å². The number of nitrogens with zero attached hydrogens (tertiary/aromatic N) is 4. The lowest BCUT2D eigenvalue weighted by Crippen LogP contribution is -2.50. The van der Waals surface area contributed by atoms with Gasteiger partial charge in [0.15, 0.2) is 0 Å². The van der Waals surface area contributed by atoms with E-state index in [0.29, 0.717) is 31.9 Å². The zero-order valence-electron chi connectivity index (χ0n) is 13.6. The average molecular weight is 342 g/mol. The predicted molar refractivity (Wildman–Crippen MR) is 92.6 cm³/mol. The molecule has 0 radical (unpaired) electrons. The van der Waals surface area contributed by atoms with Crippen LogP contribution in [0.3, 0.4) is 0 Å². The first-order chi connectivity index (χ1) is 12.1. The molecule has 1 aliphatic heterocycles. The predicted octanol–water partition coefficient (Wildman–Crippen LogP) is 1.11. The Morgan fingerprint density at radius 3 is 2.40 bits per heavy atom. The maximum absolute atomic E-state index is 12.4. The number of rotatable bonds is 4. The lowest BCUT2D eigenvalue weighted by atomic mass is 10.2. The number of hydrogen-bond donors (Lipinski definition) is 0. The van der Waals surface area contributed by atoms with Gasteiger partial charge in [0.25, 0.3) is 11.2 Å². The highest BCUT2D eigenvalue weighted by atomic mass is 16.6. The van der Waals surface area contributed by atoms with Gasteiger partial charge in [0.2, 0.25) is 5.91 Å². The molecule has 0 atom stereocenters. The molecule has 8 heteroatoms. The molecule has 0 bridgehead atoms. The van der Waals surface area contributed by atoms with Crippen LogP contribution in [0.1, 0.15) is 0 Å². The van der Waals surface area contributed by atoms with Crippen LogP contribution < -0.4 is 10.5 Å². The molecule has 8 nitrogen and oxygen atoms in total. The second-order valence-corrected chi connectivity index (χ2v) is 5.78. The minimum absolute atomic E-state index is 0.00512. The summed E-state index contributed by atoms with van der Waals surface area (Å²) in [4.78, 5) is 38.4. The number of para-hydroxylation sites is 2. The summed E-state index contributed by atoms with van der Waals surface area (Å²) in [6.45, 7) is 1.96. The fraction of sp³-hybridized carbons (Fsp3) is 0.294. The molecule has 0 aliphatic carbocycles. The summed E-state index contributed by atoms with van der Waals surface area (Å²) in [7, 11) is 0. The molecule has 1 aliphatic rings. The van der Waals surface area contributed by atoms with Crippen LogP contribution in [0.4, 0.5) is 11.4 Å². The molecule has 25 heavy (non-hydrogen) atoms. The summed E-state index contributed by atoms with van der Waals surface area (Å²) >= 11 is 0. The zero-order chi connectivity index (χ0) is 17.8. The molecule has 1 aromatic carbocycles. The fourth-order valence-electron chi connectivity index (χ4n) is 2.92. The van der Waals surface area contributed by atoms with Crippen molar-refractivity contribution in [1.29, 1.82) is 0 Å². The van der Waals surface area contributed by atoms with Crippen LogP contribution in [0.5, 0.6) is 0 Å². The molecule has 1 aromatic heterocycles. The molecule has 1 saturated heterocycles. The Labute approximate surface area is 144 Å². The van der Waals surface area contributed by atoms with Gasteiger partial charge < -0.3 is 14.4 Å². The third-order valence-electron chi connectivity index (χ3n) is 4.26. The SMILES string of the molecule is O=C(Cn1ccccc1=O)N1CCN(c2ccccc2[N+](=O)[O-])CC1. The van der Waals surface area contributed by atoms with Crippen LogP contribution in [0.15, 0.2) is 53.5 Å². The molecule has 130 valence electrons. The molecule has 3 rings (SSSR count). The summed E-state index contributed by atoms with van der Waals surface area (Å²) in [6, 6.07) is 11.4. The summed E-state index contributed by atoms with van der Waals surface area (Å²) < 4.78 is 1.37. The van der Waals surface area contributed by atoms with Crippen LogP contribution in [-0.2, 0) is 11.3 Å². The average Bonchev–Trinajstić information content (AvgIpc) is 2.63. The molecule has 2 aromatic rings. The van der Waals surface area contributed by atoms with Crippen LogP contribution in [0.2, 0.25) is 0 Å². The molecule has 1 amide bonds. The third kappa shape index (κ3) is 3.68. The van der Waals surface area contributed by atoms with Crippen molar-refractivity contribution in [2.75, 3.05) is 31.1 Å². The highest BCUT2D eigenvalue weighted by molar-refractivity contribution is 5.76. The minimum atomic E-state index is -0.394. The second kappa shape index (κ2) is 7.16. The summed E-state index contributed by atoms with van der Waals surface area (Å²) in [5.74, 6) is -0.129. The molecule has 0 spiro atoms. The van der Waals surface area contributed by atoms with Crippen LogP contribution in [-0.4, -0.2) is 46.5 Å². The fourth-order valence-corrected chi connectivity index (χ4v) is 2.92. The van der Waals surface area contributed by atoms with E-state index in [1.807, 2.05) is 4.90 Å². The number of hydrogen-bond acceptors (Lipinski definition) is 5. The highest BCUT2D eigenvalue weighted by Crippen LogP contribution is 2.28. The Hall–Kier alpha value is -3.16. The van der Waals surface area contributed by atoms with Crippen molar-refractivity contribution >= 4 is 17.3 Å². The van der Waals surface area contributed by atoms with Gasteiger partial charge in [0.1, 0.15) is 12.2 Å². The number of nitro benzene ring substituents is 1. The number of piperazine rings is 1. The van der Waals surface area contributed by atoms with Gasteiger partial charge in [0, 0.05) is 44.5 Å². The number of amides is 1. The third-order valence-corrected chi connectivity index (χ3v) is 4.26. The van der Waals surface area contributed by atoms with E-state index in [9.17, 15) is 19.7 Å². The Morgan fingerprint density at radius 2 is 1.72 bits per heavy atom. The molecular formula is C17H18N4O4. The van der Waals surface area contributed by atoms with Crippen molar-refractivity contribution in [1.82, 2.24) is 9.47 Å². The number of aromatic nitrogens is 1. The van der Waals surface area contributed by atoms with Gasteiger partial charge in [-0.05, 0) is 12.1 Å². The summed E-state index contributed by atoms with van der Waals surface area (Å²) in [6.07, 6.45) is 1.59. The molecule has 0 saturated carbocycles. The first-order valence-electron chi connectivity index (χ1n) is 7.98. The molecule has 0 N–H and O–H groups in total. The first-order valence-corrected chi connectivity index (χ1v) is 7.98. The Balaban J connectivity index is 1.64. The number of benzene rings is 1. The Bertz CT molecular complexity index is 840. The van der Waals surface area contributed by atoms with E-state index < -0.39 is 4.92 Å². The maximum Gasteiger partial charge on any atom is 0.292 e. The van der Waals surface area contributed by atoms with E-state index in [4.69, 9.17) is 0 Å². The quantitative estimate of drug-likeness (QED) is 0.613. The molecule has 0 unspecified atom stereocenters. The van der Waals surface area contributed by atoms with Gasteiger partial charge in [-0.3, -0.25) is 19.7 Å². The number of carbonyl (C=O) groups excluding carboxylic acids is 1. The van der Waals surface area contributed by atoms with Gasteiger partial charge >= 0.3 is 0 Å². The van der Waals surface area contributed by atoms with Gasteiger partial charge in [-0.25, -0.2) is 0 Å². The number of nitro groups is 1. The van der Waals surface area contributed by atoms with E-state index in [1.165, 1.54) is 16.7 Å². The van der Waals surface area contributed by atoms with Crippen LogP contribution in [0, 0.1) is 10.1 Å². The van der Waals surface area contributed by atoms with Gasteiger partial charge in [-0.1, -0.05) is 18.2 Å². The van der Waals surface area contributed by atoms with Crippen molar-refractivity contribution in [2.45, 2.75) is 6.54 Å². The first kappa shape index (κ1) is 16.7. The number of carbonyl (C=O) groups is 1. The highest BCUT2D eigenvalue weighted by Gasteiger charge is 2.25.